The molecule has 0 N–H and O–H groups in total. The Labute approximate surface area is 145 Å². The number of thiophene rings is 1. The third kappa shape index (κ3) is 2.45. The molecule has 0 radical (unpaired) electrons. The number of hydrogen-bond donors (Lipinski definition) is 0. The highest BCUT2D eigenvalue weighted by Crippen LogP contribution is 2.42. The quantitative estimate of drug-likeness (QED) is 0.355. The molecule has 23 heavy (non-hydrogen) atoms. The Bertz CT molecular complexity index is 1010. The van der Waals surface area contributed by atoms with Gasteiger partial charge in [0, 0.05) is 25.2 Å². The second kappa shape index (κ2) is 5.67. The molecular formula is C21H17ClS. The maximum Gasteiger partial charge on any atom is 0.0433 e. The first-order valence-electron chi connectivity index (χ1n) is 7.85. The van der Waals surface area contributed by atoms with Crippen LogP contribution in [-0.2, 0) is 0 Å². The van der Waals surface area contributed by atoms with E-state index in [0.717, 1.165) is 5.02 Å². The first kappa shape index (κ1) is 14.7. The van der Waals surface area contributed by atoms with E-state index in [1.165, 1.54) is 36.9 Å². The van der Waals surface area contributed by atoms with E-state index in [1.807, 2.05) is 17.4 Å². The van der Waals surface area contributed by atoms with Crippen LogP contribution in [0.5, 0.6) is 0 Å². The summed E-state index contributed by atoms with van der Waals surface area (Å²) < 4.78 is 2.68. The van der Waals surface area contributed by atoms with Crippen molar-refractivity contribution in [3.63, 3.8) is 0 Å². The summed E-state index contributed by atoms with van der Waals surface area (Å²) in [6, 6.07) is 21.5. The molecule has 1 heterocycles. The third-order valence-corrected chi connectivity index (χ3v) is 5.79. The van der Waals surface area contributed by atoms with Gasteiger partial charge in [0.15, 0.2) is 0 Å². The van der Waals surface area contributed by atoms with E-state index in [9.17, 15) is 0 Å². The number of hydrogen-bond acceptors (Lipinski definition) is 1. The largest absolute Gasteiger partial charge is 0.135 e. The summed E-state index contributed by atoms with van der Waals surface area (Å²) in [5.41, 5.74) is 3.89. The van der Waals surface area contributed by atoms with Crippen molar-refractivity contribution in [2.24, 2.45) is 0 Å². The Kier molecular flexibility index (Phi) is 3.63. The van der Waals surface area contributed by atoms with Gasteiger partial charge in [0.2, 0.25) is 0 Å². The van der Waals surface area contributed by atoms with Gasteiger partial charge in [-0.2, -0.15) is 0 Å². The van der Waals surface area contributed by atoms with Crippen molar-refractivity contribution in [1.29, 1.82) is 0 Å². The van der Waals surface area contributed by atoms with Gasteiger partial charge in [-0.15, -0.1) is 11.3 Å². The molecule has 4 aromatic rings. The third-order valence-electron chi connectivity index (χ3n) is 4.33. The molecule has 0 amide bonds. The van der Waals surface area contributed by atoms with Crippen molar-refractivity contribution >= 4 is 43.1 Å². The summed E-state index contributed by atoms with van der Waals surface area (Å²) in [6.45, 7) is 4.47. The highest BCUT2D eigenvalue weighted by Gasteiger charge is 2.14. The summed E-state index contributed by atoms with van der Waals surface area (Å²) in [5.74, 6) is 0.465. The van der Waals surface area contributed by atoms with E-state index >= 15 is 0 Å². The Morgan fingerprint density at radius 3 is 2.43 bits per heavy atom. The second-order valence-electron chi connectivity index (χ2n) is 6.17. The minimum atomic E-state index is 0.465. The molecule has 0 saturated carbocycles. The van der Waals surface area contributed by atoms with Crippen molar-refractivity contribution < 1.29 is 0 Å². The molecule has 0 aliphatic carbocycles. The van der Waals surface area contributed by atoms with Crippen LogP contribution in [-0.4, -0.2) is 0 Å². The van der Waals surface area contributed by atoms with E-state index in [0.29, 0.717) is 5.92 Å². The molecule has 0 fully saturated rings. The van der Waals surface area contributed by atoms with Crippen LogP contribution < -0.4 is 0 Å². The number of fused-ring (bicyclic) bond motifs is 3. The minimum absolute atomic E-state index is 0.465. The van der Waals surface area contributed by atoms with Gasteiger partial charge in [-0.05, 0) is 40.8 Å². The molecule has 3 aromatic carbocycles. The fraction of sp³-hybridized carbons (Fsp3) is 0.143. The normalized spacial score (nSPS) is 11.7. The SMILES string of the molecule is CC(C)c1ccc(Cl)cc1-c1cccc2c1sc1ccccc12. The van der Waals surface area contributed by atoms with Crippen LogP contribution >= 0.6 is 22.9 Å². The van der Waals surface area contributed by atoms with E-state index < -0.39 is 0 Å². The molecular weight excluding hydrogens is 320 g/mol. The van der Waals surface area contributed by atoms with Gasteiger partial charge in [-0.25, -0.2) is 0 Å². The highest BCUT2D eigenvalue weighted by molar-refractivity contribution is 7.26. The standard InChI is InChI=1S/C21H17ClS/c1-13(2)15-11-10-14(22)12-19(15)18-8-5-7-17-16-6-3-4-9-20(16)23-21(17)18/h3-13H,1-2H3. The van der Waals surface area contributed by atoms with Gasteiger partial charge >= 0.3 is 0 Å². The predicted molar refractivity (Wildman–Crippen MR) is 104 cm³/mol. The minimum Gasteiger partial charge on any atom is -0.135 e. The molecule has 0 unspecified atom stereocenters. The Balaban J connectivity index is 2.09. The molecule has 0 aliphatic rings. The summed E-state index contributed by atoms with van der Waals surface area (Å²) >= 11 is 8.17. The lowest BCUT2D eigenvalue weighted by molar-refractivity contribution is 0.869. The van der Waals surface area contributed by atoms with Crippen LogP contribution in [0.1, 0.15) is 25.3 Å². The molecule has 0 saturated heterocycles. The first-order valence-corrected chi connectivity index (χ1v) is 9.04. The number of rotatable bonds is 2. The highest BCUT2D eigenvalue weighted by atomic mass is 35.5. The summed E-state index contributed by atoms with van der Waals surface area (Å²) in [6.07, 6.45) is 0. The van der Waals surface area contributed by atoms with Crippen LogP contribution in [0.3, 0.4) is 0 Å². The van der Waals surface area contributed by atoms with E-state index in [4.69, 9.17) is 11.6 Å². The van der Waals surface area contributed by atoms with Crippen LogP contribution in [0.2, 0.25) is 5.02 Å². The fourth-order valence-corrected chi connectivity index (χ4v) is 4.63. The van der Waals surface area contributed by atoms with Crippen LogP contribution in [0.15, 0.2) is 60.7 Å². The molecule has 0 bridgehead atoms. The van der Waals surface area contributed by atoms with Crippen LogP contribution in [0.4, 0.5) is 0 Å². The monoisotopic (exact) mass is 336 g/mol. The smallest absolute Gasteiger partial charge is 0.0433 e. The van der Waals surface area contributed by atoms with Gasteiger partial charge < -0.3 is 0 Å². The van der Waals surface area contributed by atoms with Crippen LogP contribution in [0, 0.1) is 0 Å². The summed E-state index contributed by atoms with van der Waals surface area (Å²) in [7, 11) is 0. The molecule has 0 spiro atoms. The van der Waals surface area contributed by atoms with Crippen molar-refractivity contribution in [2.45, 2.75) is 19.8 Å². The maximum atomic E-state index is 6.30. The average molecular weight is 337 g/mol. The number of halogens is 1. The maximum absolute atomic E-state index is 6.30. The van der Waals surface area contributed by atoms with Gasteiger partial charge in [-0.3, -0.25) is 0 Å². The van der Waals surface area contributed by atoms with Crippen molar-refractivity contribution in [3.8, 4) is 11.1 Å². The lowest BCUT2D eigenvalue weighted by atomic mass is 9.92. The molecule has 0 atom stereocenters. The van der Waals surface area contributed by atoms with Gasteiger partial charge in [0.25, 0.3) is 0 Å². The summed E-state index contributed by atoms with van der Waals surface area (Å²) in [4.78, 5) is 0. The Hall–Kier alpha value is -1.83. The first-order chi connectivity index (χ1) is 11.1. The predicted octanol–water partition coefficient (Wildman–Crippen LogP) is 7.50. The van der Waals surface area contributed by atoms with Gasteiger partial charge in [0.05, 0.1) is 0 Å². The lowest BCUT2D eigenvalue weighted by Gasteiger charge is -2.14. The molecule has 0 aliphatic heterocycles. The molecule has 0 nitrogen and oxygen atoms in total. The lowest BCUT2D eigenvalue weighted by Crippen LogP contribution is -1.92. The second-order valence-corrected chi connectivity index (χ2v) is 7.66. The topological polar surface area (TPSA) is 0 Å². The zero-order valence-electron chi connectivity index (χ0n) is 13.1. The van der Waals surface area contributed by atoms with E-state index in [-0.39, 0.29) is 0 Å². The van der Waals surface area contributed by atoms with E-state index in [1.54, 1.807) is 0 Å². The Morgan fingerprint density at radius 2 is 1.61 bits per heavy atom. The van der Waals surface area contributed by atoms with Crippen LogP contribution in [0.25, 0.3) is 31.3 Å². The van der Waals surface area contributed by atoms with Gasteiger partial charge in [0.1, 0.15) is 0 Å². The molecule has 114 valence electrons. The van der Waals surface area contributed by atoms with Gasteiger partial charge in [-0.1, -0.05) is 67.9 Å². The number of benzene rings is 3. The summed E-state index contributed by atoms with van der Waals surface area (Å²) in [5, 5.41) is 3.46. The molecule has 2 heteroatoms. The molecule has 4 rings (SSSR count). The van der Waals surface area contributed by atoms with Crippen molar-refractivity contribution in [1.82, 2.24) is 0 Å². The zero-order chi connectivity index (χ0) is 16.0. The van der Waals surface area contributed by atoms with E-state index in [2.05, 4.69) is 68.4 Å². The Morgan fingerprint density at radius 1 is 0.826 bits per heavy atom. The zero-order valence-corrected chi connectivity index (χ0v) is 14.7. The van der Waals surface area contributed by atoms with Crippen molar-refractivity contribution in [2.75, 3.05) is 0 Å². The average Bonchev–Trinajstić information content (AvgIpc) is 2.93. The van der Waals surface area contributed by atoms with Crippen molar-refractivity contribution in [3.05, 3.63) is 71.2 Å². The fourth-order valence-electron chi connectivity index (χ4n) is 3.22. The molecule has 1 aromatic heterocycles.